The van der Waals surface area contributed by atoms with Crippen LogP contribution in [0.3, 0.4) is 0 Å². The summed E-state index contributed by atoms with van der Waals surface area (Å²) in [6.07, 6.45) is 3.31. The molecule has 1 unspecified atom stereocenters. The van der Waals surface area contributed by atoms with Gasteiger partial charge >= 0.3 is 6.09 Å². The number of benzene rings is 1. The number of aromatic nitrogens is 1. The van der Waals surface area contributed by atoms with E-state index < -0.39 is 11.9 Å². The van der Waals surface area contributed by atoms with Crippen LogP contribution < -0.4 is 10.6 Å². The number of anilines is 1. The van der Waals surface area contributed by atoms with E-state index in [0.29, 0.717) is 30.6 Å². The zero-order chi connectivity index (χ0) is 21.0. The fourth-order valence-corrected chi connectivity index (χ4v) is 3.56. The summed E-state index contributed by atoms with van der Waals surface area (Å²) in [5, 5.41) is 5.50. The van der Waals surface area contributed by atoms with Crippen LogP contribution in [0.4, 0.5) is 14.9 Å². The molecule has 2 aromatic rings. The van der Waals surface area contributed by atoms with Crippen molar-refractivity contribution in [1.29, 1.82) is 0 Å². The molecule has 0 spiro atoms. The Hall–Kier alpha value is -2.98. The normalized spacial score (nSPS) is 14.6. The van der Waals surface area contributed by atoms with Crippen molar-refractivity contribution in [3.63, 3.8) is 0 Å². The van der Waals surface area contributed by atoms with Crippen LogP contribution in [-0.2, 0) is 18.2 Å². The third kappa shape index (κ3) is 4.72. The van der Waals surface area contributed by atoms with Crippen molar-refractivity contribution < 1.29 is 18.7 Å². The van der Waals surface area contributed by atoms with Crippen LogP contribution in [-0.4, -0.2) is 23.2 Å². The molecule has 2 amide bonds. The first kappa shape index (κ1) is 20.7. The Kier molecular flexibility index (Phi) is 6.45. The minimum Gasteiger partial charge on any atom is -0.436 e. The number of aryl methyl sites for hydroxylation is 1. The van der Waals surface area contributed by atoms with E-state index in [-0.39, 0.29) is 23.6 Å². The number of hydrogen-bond acceptors (Lipinski definition) is 3. The Morgan fingerprint density at radius 2 is 2.17 bits per heavy atom. The van der Waals surface area contributed by atoms with E-state index in [4.69, 9.17) is 16.3 Å². The van der Waals surface area contributed by atoms with Crippen molar-refractivity contribution >= 4 is 29.3 Å². The molecule has 152 valence electrons. The molecule has 1 atom stereocenters. The maximum Gasteiger partial charge on any atom is 0.408 e. The molecule has 0 bridgehead atoms. The SMILES string of the molecule is CCC#CCOC(=O)NC1CCc2c1cn(C)c2C(=O)Nc1ccc(F)c(Cl)c1. The smallest absolute Gasteiger partial charge is 0.408 e. The van der Waals surface area contributed by atoms with Crippen molar-refractivity contribution in [3.8, 4) is 11.8 Å². The zero-order valence-electron chi connectivity index (χ0n) is 16.1. The number of fused-ring (bicyclic) bond motifs is 1. The predicted octanol–water partition coefficient (Wildman–Crippen LogP) is 4.20. The van der Waals surface area contributed by atoms with E-state index in [9.17, 15) is 14.0 Å². The van der Waals surface area contributed by atoms with Gasteiger partial charge in [0, 0.05) is 25.4 Å². The Bertz CT molecular complexity index is 1010. The zero-order valence-corrected chi connectivity index (χ0v) is 16.9. The van der Waals surface area contributed by atoms with E-state index in [1.807, 2.05) is 13.1 Å². The maximum atomic E-state index is 13.3. The average molecular weight is 418 g/mol. The standard InChI is InChI=1S/C21H21ClFN3O3/c1-3-4-5-10-29-21(28)25-18-9-7-14-15(18)12-26(2)19(14)20(27)24-13-6-8-17(23)16(22)11-13/h6,8,11-12,18H,3,7,9-10H2,1-2H3,(H,24,27)(H,25,28). The first-order chi connectivity index (χ1) is 13.9. The van der Waals surface area contributed by atoms with Gasteiger partial charge in [0.1, 0.15) is 11.5 Å². The number of hydrogen-bond donors (Lipinski definition) is 2. The third-order valence-electron chi connectivity index (χ3n) is 4.64. The van der Waals surface area contributed by atoms with Crippen molar-refractivity contribution in [2.45, 2.75) is 32.2 Å². The lowest BCUT2D eigenvalue weighted by Crippen LogP contribution is -2.27. The lowest BCUT2D eigenvalue weighted by molar-refractivity contribution is 0.101. The van der Waals surface area contributed by atoms with Gasteiger partial charge in [0.05, 0.1) is 11.1 Å². The molecule has 0 fully saturated rings. The summed E-state index contributed by atoms with van der Waals surface area (Å²) in [4.78, 5) is 24.8. The van der Waals surface area contributed by atoms with Crippen molar-refractivity contribution in [3.05, 3.63) is 52.1 Å². The number of ether oxygens (including phenoxy) is 1. The summed E-state index contributed by atoms with van der Waals surface area (Å²) in [5.41, 5.74) is 2.65. The number of carbonyl (C=O) groups is 2. The Morgan fingerprint density at radius 1 is 1.38 bits per heavy atom. The highest BCUT2D eigenvalue weighted by Crippen LogP contribution is 2.35. The summed E-state index contributed by atoms with van der Waals surface area (Å²) >= 11 is 5.78. The molecule has 6 nitrogen and oxygen atoms in total. The highest BCUT2D eigenvalue weighted by Gasteiger charge is 2.31. The molecular formula is C21H21ClFN3O3. The maximum absolute atomic E-state index is 13.3. The first-order valence-electron chi connectivity index (χ1n) is 9.24. The fourth-order valence-electron chi connectivity index (χ4n) is 3.38. The Balaban J connectivity index is 1.70. The molecule has 0 radical (unpaired) electrons. The molecule has 3 rings (SSSR count). The second kappa shape index (κ2) is 9.01. The van der Waals surface area contributed by atoms with Crippen LogP contribution in [0, 0.1) is 17.7 Å². The molecule has 1 aromatic heterocycles. The van der Waals surface area contributed by atoms with Gasteiger partial charge in [-0.2, -0.15) is 0 Å². The largest absolute Gasteiger partial charge is 0.436 e. The van der Waals surface area contributed by atoms with Gasteiger partial charge in [-0.3, -0.25) is 4.79 Å². The van der Waals surface area contributed by atoms with Crippen molar-refractivity contribution in [2.24, 2.45) is 7.05 Å². The Labute approximate surface area is 173 Å². The van der Waals surface area contributed by atoms with Crippen LogP contribution in [0.2, 0.25) is 5.02 Å². The van der Waals surface area contributed by atoms with E-state index in [0.717, 1.165) is 11.1 Å². The summed E-state index contributed by atoms with van der Waals surface area (Å²) in [6.45, 7) is 1.96. The lowest BCUT2D eigenvalue weighted by Gasteiger charge is -2.12. The molecular weight excluding hydrogens is 397 g/mol. The van der Waals surface area contributed by atoms with E-state index in [1.54, 1.807) is 11.6 Å². The molecule has 1 aromatic carbocycles. The van der Waals surface area contributed by atoms with Gasteiger partial charge in [-0.1, -0.05) is 24.4 Å². The number of amides is 2. The van der Waals surface area contributed by atoms with Crippen LogP contribution in [0.25, 0.3) is 0 Å². The molecule has 8 heteroatoms. The van der Waals surface area contributed by atoms with Gasteiger partial charge < -0.3 is 19.9 Å². The van der Waals surface area contributed by atoms with Crippen LogP contribution in [0.5, 0.6) is 0 Å². The predicted molar refractivity (Wildman–Crippen MR) is 108 cm³/mol. The monoisotopic (exact) mass is 417 g/mol. The third-order valence-corrected chi connectivity index (χ3v) is 4.93. The summed E-state index contributed by atoms with van der Waals surface area (Å²) in [5.74, 6) is 4.70. The number of nitrogens with zero attached hydrogens (tertiary/aromatic N) is 1. The molecule has 1 aliphatic rings. The van der Waals surface area contributed by atoms with Crippen molar-refractivity contribution in [2.75, 3.05) is 11.9 Å². The fraction of sp³-hybridized carbons (Fsp3) is 0.333. The lowest BCUT2D eigenvalue weighted by atomic mass is 10.1. The minimum absolute atomic E-state index is 0.0436. The van der Waals surface area contributed by atoms with Crippen molar-refractivity contribution in [1.82, 2.24) is 9.88 Å². The Morgan fingerprint density at radius 3 is 2.90 bits per heavy atom. The van der Waals surface area contributed by atoms with E-state index >= 15 is 0 Å². The molecule has 2 N–H and O–H groups in total. The molecule has 0 saturated heterocycles. The topological polar surface area (TPSA) is 72.4 Å². The molecule has 0 aliphatic heterocycles. The highest BCUT2D eigenvalue weighted by molar-refractivity contribution is 6.31. The number of alkyl carbamates (subject to hydrolysis) is 1. The summed E-state index contributed by atoms with van der Waals surface area (Å²) < 4.78 is 20.1. The second-order valence-electron chi connectivity index (χ2n) is 6.62. The first-order valence-corrected chi connectivity index (χ1v) is 9.62. The molecule has 1 heterocycles. The second-order valence-corrected chi connectivity index (χ2v) is 7.03. The molecule has 1 aliphatic carbocycles. The summed E-state index contributed by atoms with van der Waals surface area (Å²) in [6, 6.07) is 3.78. The molecule has 29 heavy (non-hydrogen) atoms. The number of carbonyl (C=O) groups excluding carboxylic acids is 2. The molecule has 0 saturated carbocycles. The van der Waals surface area contributed by atoms with E-state index in [1.165, 1.54) is 18.2 Å². The van der Waals surface area contributed by atoms with Gasteiger partial charge in [-0.15, -0.1) is 5.92 Å². The van der Waals surface area contributed by atoms with Gasteiger partial charge in [0.15, 0.2) is 6.61 Å². The quantitative estimate of drug-likeness (QED) is 0.732. The number of halogens is 2. The van der Waals surface area contributed by atoms with Gasteiger partial charge in [0.2, 0.25) is 0 Å². The highest BCUT2D eigenvalue weighted by atomic mass is 35.5. The number of rotatable bonds is 4. The van der Waals surface area contributed by atoms with Crippen LogP contribution in [0.1, 0.15) is 47.4 Å². The minimum atomic E-state index is -0.550. The van der Waals surface area contributed by atoms with Crippen LogP contribution in [0.15, 0.2) is 24.4 Å². The van der Waals surface area contributed by atoms with Gasteiger partial charge in [-0.05, 0) is 42.2 Å². The van der Waals surface area contributed by atoms with E-state index in [2.05, 4.69) is 22.5 Å². The van der Waals surface area contributed by atoms with Gasteiger partial charge in [-0.25, -0.2) is 9.18 Å². The van der Waals surface area contributed by atoms with Crippen LogP contribution >= 0.6 is 11.6 Å². The summed E-state index contributed by atoms with van der Waals surface area (Å²) in [7, 11) is 1.76. The van der Waals surface area contributed by atoms with Gasteiger partial charge in [0.25, 0.3) is 5.91 Å². The average Bonchev–Trinajstić information content (AvgIpc) is 3.20. The number of nitrogens with one attached hydrogen (secondary N) is 2.